The first-order valence-corrected chi connectivity index (χ1v) is 17.4. The quantitative estimate of drug-likeness (QED) is 0.0461. The number of allylic oxidation sites excluding steroid dienone is 16. The molecule has 0 spiro atoms. The summed E-state index contributed by atoms with van der Waals surface area (Å²) >= 11 is 5.31. The molecule has 2 nitrogen and oxygen atoms in total. The molecular formula is C40H61ClO2. The topological polar surface area (TPSA) is 34.1 Å². The molecule has 240 valence electrons. The molecule has 0 amide bonds. The number of hydrogen-bond donors (Lipinski definition) is 0. The second-order valence-electron chi connectivity index (χ2n) is 11.0. The second-order valence-corrected chi connectivity index (χ2v) is 11.4. The predicted octanol–water partition coefficient (Wildman–Crippen LogP) is 13.0. The van der Waals surface area contributed by atoms with E-state index in [9.17, 15) is 9.59 Å². The van der Waals surface area contributed by atoms with Crippen LogP contribution in [0.1, 0.15) is 142 Å². The highest BCUT2D eigenvalue weighted by atomic mass is 35.5. The highest BCUT2D eigenvalue weighted by molar-refractivity contribution is 6.63. The number of carbonyl (C=O) groups excluding carboxylic acids is 2. The predicted molar refractivity (Wildman–Crippen MR) is 192 cm³/mol. The lowest BCUT2D eigenvalue weighted by Crippen LogP contribution is -1.97. The fourth-order valence-corrected chi connectivity index (χ4v) is 4.41. The summed E-state index contributed by atoms with van der Waals surface area (Å²) in [6.45, 7) is 2.24. The molecule has 0 saturated heterocycles. The fourth-order valence-electron chi connectivity index (χ4n) is 4.27. The van der Waals surface area contributed by atoms with Gasteiger partial charge >= 0.3 is 0 Å². The molecule has 0 aliphatic rings. The summed E-state index contributed by atoms with van der Waals surface area (Å²) < 4.78 is 0. The van der Waals surface area contributed by atoms with Gasteiger partial charge in [-0.2, -0.15) is 0 Å². The molecule has 0 N–H and O–H groups in total. The van der Waals surface area contributed by atoms with E-state index in [1.54, 1.807) is 0 Å². The first-order chi connectivity index (χ1) is 21.2. The van der Waals surface area contributed by atoms with Crippen molar-refractivity contribution in [2.45, 2.75) is 142 Å². The van der Waals surface area contributed by atoms with Gasteiger partial charge in [0.2, 0.25) is 5.24 Å². The van der Waals surface area contributed by atoms with Gasteiger partial charge in [-0.15, -0.1) is 0 Å². The van der Waals surface area contributed by atoms with Gasteiger partial charge in [-0.3, -0.25) is 9.59 Å². The van der Waals surface area contributed by atoms with Gasteiger partial charge in [-0.1, -0.05) is 123 Å². The maximum absolute atomic E-state index is 12.1. The van der Waals surface area contributed by atoms with Crippen LogP contribution in [-0.2, 0) is 9.59 Å². The molecule has 0 rings (SSSR count). The van der Waals surface area contributed by atoms with Crippen LogP contribution in [0, 0.1) is 0 Å². The number of ketones is 1. The van der Waals surface area contributed by atoms with Crippen LogP contribution in [-0.4, -0.2) is 11.0 Å². The van der Waals surface area contributed by atoms with E-state index in [0.29, 0.717) is 18.6 Å². The van der Waals surface area contributed by atoms with Crippen LogP contribution in [0.2, 0.25) is 0 Å². The molecule has 43 heavy (non-hydrogen) atoms. The highest BCUT2D eigenvalue weighted by Crippen LogP contribution is 2.09. The Morgan fingerprint density at radius 2 is 0.721 bits per heavy atom. The second kappa shape index (κ2) is 35.7. The number of unbranched alkanes of at least 4 members (excludes halogenated alkanes) is 8. The Morgan fingerprint density at radius 1 is 0.395 bits per heavy atom. The first kappa shape index (κ1) is 40.5. The van der Waals surface area contributed by atoms with Gasteiger partial charge in [0, 0.05) is 19.3 Å². The summed E-state index contributed by atoms with van der Waals surface area (Å²) in [5.41, 5.74) is 0. The third-order valence-corrected chi connectivity index (χ3v) is 7.03. The minimum absolute atomic E-state index is 0.251. The van der Waals surface area contributed by atoms with Gasteiger partial charge < -0.3 is 0 Å². The molecule has 0 atom stereocenters. The SMILES string of the molecule is CCCCC/C=C\C/C=C\C/C=C\C/C=C\CCCC(=O)CCCCC/C=C\C/C=C\C/C=C\C/C=C\CCCC(=O)Cl. The van der Waals surface area contributed by atoms with E-state index in [1.807, 2.05) is 0 Å². The van der Waals surface area contributed by atoms with Crippen LogP contribution >= 0.6 is 11.6 Å². The van der Waals surface area contributed by atoms with Gasteiger partial charge in [-0.25, -0.2) is 0 Å². The van der Waals surface area contributed by atoms with Crippen molar-refractivity contribution in [1.29, 1.82) is 0 Å². The largest absolute Gasteiger partial charge is 0.300 e. The van der Waals surface area contributed by atoms with Gasteiger partial charge in [-0.05, 0) is 108 Å². The summed E-state index contributed by atoms with van der Waals surface area (Å²) in [7, 11) is 0. The van der Waals surface area contributed by atoms with Crippen molar-refractivity contribution in [3.63, 3.8) is 0 Å². The molecule has 0 aromatic carbocycles. The lowest BCUT2D eigenvalue weighted by atomic mass is 10.1. The molecule has 0 aliphatic carbocycles. The van der Waals surface area contributed by atoms with Gasteiger partial charge in [0.1, 0.15) is 5.78 Å². The summed E-state index contributed by atoms with van der Waals surface area (Å²) in [6, 6.07) is 0. The molecule has 0 aromatic rings. The highest BCUT2D eigenvalue weighted by Gasteiger charge is 2.00. The number of carbonyl (C=O) groups is 2. The summed E-state index contributed by atoms with van der Waals surface area (Å²) in [5, 5.41) is -0.251. The first-order valence-electron chi connectivity index (χ1n) is 17.1. The molecule has 0 bridgehead atoms. The van der Waals surface area contributed by atoms with Gasteiger partial charge in [0.15, 0.2) is 0 Å². The van der Waals surface area contributed by atoms with E-state index < -0.39 is 0 Å². The zero-order valence-electron chi connectivity index (χ0n) is 27.3. The number of Topliss-reactive ketones (excluding diaryl/α,β-unsaturated/α-hetero) is 1. The summed E-state index contributed by atoms with van der Waals surface area (Å²) in [4.78, 5) is 22.7. The Hall–Kier alpha value is -2.45. The normalized spacial score (nSPS) is 12.9. The molecule has 0 unspecified atom stereocenters. The number of hydrogen-bond acceptors (Lipinski definition) is 2. The average molecular weight is 609 g/mol. The summed E-state index contributed by atoms with van der Waals surface area (Å²) in [6.07, 6.45) is 56.5. The van der Waals surface area contributed by atoms with E-state index in [1.165, 1.54) is 25.7 Å². The number of halogens is 1. The minimum Gasteiger partial charge on any atom is -0.300 e. The lowest BCUT2D eigenvalue weighted by molar-refractivity contribution is -0.119. The van der Waals surface area contributed by atoms with Crippen LogP contribution < -0.4 is 0 Å². The van der Waals surface area contributed by atoms with Crippen molar-refractivity contribution < 1.29 is 9.59 Å². The third kappa shape index (κ3) is 37.5. The summed E-state index contributed by atoms with van der Waals surface area (Å²) in [5.74, 6) is 0.418. The Kier molecular flexibility index (Phi) is 33.7. The van der Waals surface area contributed by atoms with E-state index >= 15 is 0 Å². The van der Waals surface area contributed by atoms with E-state index in [2.05, 4.69) is 104 Å². The molecule has 0 fully saturated rings. The van der Waals surface area contributed by atoms with Crippen molar-refractivity contribution in [3.05, 3.63) is 97.2 Å². The van der Waals surface area contributed by atoms with Crippen molar-refractivity contribution in [2.75, 3.05) is 0 Å². The smallest absolute Gasteiger partial charge is 0.221 e. The van der Waals surface area contributed by atoms with Gasteiger partial charge in [0.25, 0.3) is 0 Å². The van der Waals surface area contributed by atoms with E-state index in [4.69, 9.17) is 11.6 Å². The Balaban J connectivity index is 3.52. The third-order valence-electron chi connectivity index (χ3n) is 6.84. The van der Waals surface area contributed by atoms with Crippen molar-refractivity contribution in [3.8, 4) is 0 Å². The lowest BCUT2D eigenvalue weighted by Gasteiger charge is -2.00. The van der Waals surface area contributed by atoms with Crippen molar-refractivity contribution in [2.24, 2.45) is 0 Å². The van der Waals surface area contributed by atoms with E-state index in [0.717, 1.165) is 96.3 Å². The molecule has 0 aliphatic heterocycles. The fraction of sp³-hybridized carbons (Fsp3) is 0.550. The zero-order valence-corrected chi connectivity index (χ0v) is 28.0. The Labute approximate surface area is 270 Å². The standard InChI is InChI=1S/C40H61ClO2/c1-2-3-4-5-6-7-8-9-10-12-15-18-21-24-27-30-33-36-39(42)37-34-31-28-25-22-19-16-13-11-14-17-20-23-26-29-32-35-38-40(41)43/h6-7,9-11,13,15,17-20,22,24,26-27,29H,2-5,8,12,14,16,21,23,25,28,30-38H2,1H3/b7-6-,10-9-,13-11-,18-15-,20-17-,22-19-,27-24-,29-26-. The molecule has 0 heterocycles. The molecule has 0 saturated carbocycles. The molecule has 0 aromatic heterocycles. The molecule has 0 radical (unpaired) electrons. The Bertz CT molecular complexity index is 882. The Morgan fingerprint density at radius 3 is 1.12 bits per heavy atom. The average Bonchev–Trinajstić information content (AvgIpc) is 2.99. The number of rotatable bonds is 30. The van der Waals surface area contributed by atoms with Crippen molar-refractivity contribution in [1.82, 2.24) is 0 Å². The van der Waals surface area contributed by atoms with Crippen molar-refractivity contribution >= 4 is 22.6 Å². The van der Waals surface area contributed by atoms with Crippen LogP contribution in [0.4, 0.5) is 0 Å². The van der Waals surface area contributed by atoms with E-state index in [-0.39, 0.29) is 5.24 Å². The maximum Gasteiger partial charge on any atom is 0.221 e. The van der Waals surface area contributed by atoms with Crippen LogP contribution in [0.3, 0.4) is 0 Å². The van der Waals surface area contributed by atoms with Gasteiger partial charge in [0.05, 0.1) is 0 Å². The van der Waals surface area contributed by atoms with Crippen LogP contribution in [0.25, 0.3) is 0 Å². The minimum atomic E-state index is -0.251. The monoisotopic (exact) mass is 608 g/mol. The van der Waals surface area contributed by atoms with Crippen LogP contribution in [0.5, 0.6) is 0 Å². The van der Waals surface area contributed by atoms with Crippen LogP contribution in [0.15, 0.2) is 97.2 Å². The molecular weight excluding hydrogens is 548 g/mol. The zero-order chi connectivity index (χ0) is 31.3. The maximum atomic E-state index is 12.1. The molecule has 3 heteroatoms.